The molecule has 39 heavy (non-hydrogen) atoms. The second-order valence-electron chi connectivity index (χ2n) is 13.7. The van der Waals surface area contributed by atoms with Gasteiger partial charge in [-0.25, -0.2) is 8.96 Å². The van der Waals surface area contributed by atoms with Crippen molar-refractivity contribution < 1.29 is 8.96 Å². The standard InChI is InChI=1S/C36H36FN2/c1-20-25-18-22(36(5,6)7)13-14-23(25)26(19-35(2,3)4)32-29(20)33-30-21(15-16-38(33)8)17-27(37)31-24-11-9-10-12-28(24)39(32)34(30)31/h9-18H,19H2,1-8H3/q+1. The van der Waals surface area contributed by atoms with Gasteiger partial charge in [0, 0.05) is 16.8 Å². The highest BCUT2D eigenvalue weighted by atomic mass is 19.1. The number of pyridine rings is 2. The lowest BCUT2D eigenvalue weighted by atomic mass is 9.80. The average Bonchev–Trinajstić information content (AvgIpc) is 3.21. The van der Waals surface area contributed by atoms with Crippen molar-refractivity contribution in [2.45, 2.75) is 60.3 Å². The summed E-state index contributed by atoms with van der Waals surface area (Å²) in [4.78, 5) is 0. The Morgan fingerprint density at radius 1 is 0.795 bits per heavy atom. The fraction of sp³-hybridized carbons (Fsp3) is 0.306. The van der Waals surface area contributed by atoms with Gasteiger partial charge in [0.05, 0.1) is 27.3 Å². The van der Waals surface area contributed by atoms with E-state index in [-0.39, 0.29) is 16.6 Å². The van der Waals surface area contributed by atoms with E-state index in [9.17, 15) is 0 Å². The van der Waals surface area contributed by atoms with Gasteiger partial charge in [-0.3, -0.25) is 0 Å². The molecule has 0 spiro atoms. The minimum absolute atomic E-state index is 0.0539. The Hall–Kier alpha value is -3.72. The monoisotopic (exact) mass is 515 g/mol. The van der Waals surface area contributed by atoms with E-state index in [0.29, 0.717) is 0 Å². The lowest BCUT2D eigenvalue weighted by Gasteiger charge is -2.25. The molecule has 0 N–H and O–H groups in total. The molecule has 0 bridgehead atoms. The molecule has 0 aliphatic heterocycles. The van der Waals surface area contributed by atoms with Crippen molar-refractivity contribution in [1.29, 1.82) is 0 Å². The van der Waals surface area contributed by atoms with Gasteiger partial charge in [-0.1, -0.05) is 77.9 Å². The second kappa shape index (κ2) is 7.69. The predicted octanol–water partition coefficient (Wildman–Crippen LogP) is 9.30. The molecule has 0 aliphatic carbocycles. The third-order valence-corrected chi connectivity index (χ3v) is 8.67. The third kappa shape index (κ3) is 3.28. The molecule has 0 radical (unpaired) electrons. The van der Waals surface area contributed by atoms with E-state index in [4.69, 9.17) is 0 Å². The van der Waals surface area contributed by atoms with Crippen LogP contribution in [-0.2, 0) is 18.9 Å². The van der Waals surface area contributed by atoms with Crippen LogP contribution in [0.25, 0.3) is 59.8 Å². The summed E-state index contributed by atoms with van der Waals surface area (Å²) in [5, 5.41) is 7.66. The highest BCUT2D eigenvalue weighted by molar-refractivity contribution is 6.29. The highest BCUT2D eigenvalue weighted by Crippen LogP contribution is 2.46. The number of hydrogen-bond donors (Lipinski definition) is 0. The van der Waals surface area contributed by atoms with Crippen LogP contribution in [0.15, 0.2) is 60.8 Å². The lowest BCUT2D eigenvalue weighted by molar-refractivity contribution is -0.643. The Bertz CT molecular complexity index is 2130. The summed E-state index contributed by atoms with van der Waals surface area (Å²) in [6, 6.07) is 19.2. The van der Waals surface area contributed by atoms with Crippen molar-refractivity contribution in [3.05, 3.63) is 83.3 Å². The van der Waals surface area contributed by atoms with Crippen LogP contribution >= 0.6 is 0 Å². The largest absolute Gasteiger partial charge is 0.307 e. The van der Waals surface area contributed by atoms with Crippen LogP contribution in [0.2, 0.25) is 0 Å². The molecule has 7 rings (SSSR count). The van der Waals surface area contributed by atoms with Gasteiger partial charge in [-0.15, -0.1) is 0 Å². The van der Waals surface area contributed by atoms with E-state index in [2.05, 4.69) is 113 Å². The van der Waals surface area contributed by atoms with E-state index >= 15 is 4.39 Å². The average molecular weight is 516 g/mol. The van der Waals surface area contributed by atoms with Crippen molar-refractivity contribution >= 4 is 59.8 Å². The maximum Gasteiger partial charge on any atom is 0.224 e. The summed E-state index contributed by atoms with van der Waals surface area (Å²) in [5.74, 6) is -0.152. The van der Waals surface area contributed by atoms with Crippen molar-refractivity contribution in [3.8, 4) is 0 Å². The summed E-state index contributed by atoms with van der Waals surface area (Å²) < 4.78 is 20.6. The molecule has 0 saturated carbocycles. The van der Waals surface area contributed by atoms with Crippen molar-refractivity contribution in [3.63, 3.8) is 0 Å². The molecule has 196 valence electrons. The summed E-state index contributed by atoms with van der Waals surface area (Å²) in [5.41, 5.74) is 8.54. The Kier molecular flexibility index (Phi) is 4.80. The maximum absolute atomic E-state index is 15.9. The second-order valence-corrected chi connectivity index (χ2v) is 13.7. The van der Waals surface area contributed by atoms with Crippen molar-refractivity contribution in [2.24, 2.45) is 12.5 Å². The van der Waals surface area contributed by atoms with Gasteiger partial charge in [0.2, 0.25) is 5.52 Å². The number of hydrogen-bond acceptors (Lipinski definition) is 0. The summed E-state index contributed by atoms with van der Waals surface area (Å²) in [7, 11) is 2.13. The van der Waals surface area contributed by atoms with Crippen LogP contribution < -0.4 is 4.57 Å². The minimum Gasteiger partial charge on any atom is -0.307 e. The molecule has 7 aromatic rings. The van der Waals surface area contributed by atoms with Crippen LogP contribution in [0.5, 0.6) is 0 Å². The highest BCUT2D eigenvalue weighted by Gasteiger charge is 2.30. The number of fused-ring (bicyclic) bond motifs is 7. The molecule has 0 fully saturated rings. The van der Waals surface area contributed by atoms with E-state index in [0.717, 1.165) is 39.0 Å². The maximum atomic E-state index is 15.9. The Morgan fingerprint density at radius 3 is 2.26 bits per heavy atom. The molecule has 0 saturated heterocycles. The van der Waals surface area contributed by atoms with E-state index in [1.165, 1.54) is 43.9 Å². The zero-order valence-electron chi connectivity index (χ0n) is 24.3. The van der Waals surface area contributed by atoms with Crippen LogP contribution in [-0.4, -0.2) is 4.40 Å². The molecular formula is C36H36FN2+. The molecule has 0 aliphatic rings. The predicted molar refractivity (Wildman–Crippen MR) is 164 cm³/mol. The number of benzene rings is 4. The first-order chi connectivity index (χ1) is 18.4. The van der Waals surface area contributed by atoms with Gasteiger partial charge in [0.1, 0.15) is 12.9 Å². The van der Waals surface area contributed by atoms with Crippen molar-refractivity contribution in [2.75, 3.05) is 0 Å². The quantitative estimate of drug-likeness (QED) is 0.117. The lowest BCUT2D eigenvalue weighted by Crippen LogP contribution is -2.29. The summed E-state index contributed by atoms with van der Waals surface area (Å²) in [6.45, 7) is 16.1. The molecule has 2 nitrogen and oxygen atoms in total. The third-order valence-electron chi connectivity index (χ3n) is 8.67. The van der Waals surface area contributed by atoms with Crippen molar-refractivity contribution in [1.82, 2.24) is 4.40 Å². The smallest absolute Gasteiger partial charge is 0.224 e. The Morgan fingerprint density at radius 2 is 1.54 bits per heavy atom. The minimum atomic E-state index is -0.152. The van der Waals surface area contributed by atoms with Gasteiger partial charge in [0.25, 0.3) is 0 Å². The first-order valence-corrected chi connectivity index (χ1v) is 14.0. The Balaban J connectivity index is 1.90. The molecule has 3 heteroatoms. The summed E-state index contributed by atoms with van der Waals surface area (Å²) in [6.07, 6.45) is 3.00. The number of aromatic nitrogens is 2. The van der Waals surface area contributed by atoms with E-state index in [1.807, 2.05) is 6.07 Å². The molecule has 0 atom stereocenters. The van der Waals surface area contributed by atoms with Gasteiger partial charge in [-0.2, -0.15) is 0 Å². The van der Waals surface area contributed by atoms with Crippen LogP contribution in [0, 0.1) is 18.2 Å². The number of nitrogens with zero attached hydrogens (tertiary/aromatic N) is 2. The van der Waals surface area contributed by atoms with Gasteiger partial charge in [-0.05, 0) is 69.2 Å². The zero-order valence-corrected chi connectivity index (χ0v) is 24.3. The zero-order chi connectivity index (χ0) is 27.6. The number of aryl methyl sites for hydroxylation is 2. The molecule has 0 amide bonds. The van der Waals surface area contributed by atoms with Gasteiger partial charge in [0.15, 0.2) is 6.20 Å². The van der Waals surface area contributed by atoms with E-state index < -0.39 is 0 Å². The van der Waals surface area contributed by atoms with Crippen LogP contribution in [0.4, 0.5) is 4.39 Å². The summed E-state index contributed by atoms with van der Waals surface area (Å²) >= 11 is 0. The van der Waals surface area contributed by atoms with Crippen LogP contribution in [0.3, 0.4) is 0 Å². The van der Waals surface area contributed by atoms with E-state index in [1.54, 1.807) is 6.07 Å². The molecule has 4 aromatic carbocycles. The SMILES string of the molecule is Cc1c2cc(C(C)(C)C)ccc2c(CC(C)(C)C)c2c1c1c3c(cc[n+]1C)cc(F)c1c4ccccc4n2c13. The number of halogens is 1. The molecule has 3 aromatic heterocycles. The molecular weight excluding hydrogens is 479 g/mol. The fourth-order valence-electron chi connectivity index (χ4n) is 6.91. The topological polar surface area (TPSA) is 8.29 Å². The first-order valence-electron chi connectivity index (χ1n) is 14.0. The fourth-order valence-corrected chi connectivity index (χ4v) is 6.91. The van der Waals surface area contributed by atoms with Crippen LogP contribution in [0.1, 0.15) is 58.2 Å². The van der Waals surface area contributed by atoms with Gasteiger partial charge >= 0.3 is 0 Å². The van der Waals surface area contributed by atoms with Gasteiger partial charge < -0.3 is 4.40 Å². The Labute approximate surface area is 229 Å². The number of rotatable bonds is 1. The first kappa shape index (κ1) is 24.3. The number of para-hydroxylation sites is 1. The molecule has 3 heterocycles. The molecule has 0 unspecified atom stereocenters. The normalized spacial score (nSPS) is 13.4.